The molecular weight excluding hydrogens is 581 g/mol. The second-order valence-corrected chi connectivity index (χ2v) is 7.57. The third-order valence-corrected chi connectivity index (χ3v) is 4.99. The molecule has 0 fully saturated rings. The fourth-order valence-corrected chi connectivity index (χ4v) is 3.23. The third kappa shape index (κ3) is 6.79. The van der Waals surface area contributed by atoms with Gasteiger partial charge < -0.3 is 9.97 Å². The van der Waals surface area contributed by atoms with Gasteiger partial charge in [0, 0.05) is 32.5 Å². The quantitative estimate of drug-likeness (QED) is 0.201. The molecule has 2 aromatic heterocycles. The van der Waals surface area contributed by atoms with E-state index < -0.39 is 0 Å². The summed E-state index contributed by atoms with van der Waals surface area (Å²) in [7, 11) is 0. The first-order chi connectivity index (χ1) is 15.7. The fraction of sp³-hybridized carbons (Fsp3) is 0.0667. The summed E-state index contributed by atoms with van der Waals surface area (Å²) in [6, 6.07) is 39.0. The van der Waals surface area contributed by atoms with Crippen LogP contribution in [-0.4, -0.2) is 9.97 Å². The van der Waals surface area contributed by atoms with E-state index in [1.54, 1.807) is 0 Å². The minimum absolute atomic E-state index is 0. The van der Waals surface area contributed by atoms with Crippen LogP contribution in [-0.2, 0) is 20.1 Å². The summed E-state index contributed by atoms with van der Waals surface area (Å²) in [5.74, 6) is 0. The molecule has 0 unspecified atom stereocenters. The molecule has 0 saturated carbocycles. The van der Waals surface area contributed by atoms with Gasteiger partial charge in [-0.25, -0.2) is 0 Å². The molecule has 0 aliphatic heterocycles. The van der Waals surface area contributed by atoms with Gasteiger partial charge in [-0.2, -0.15) is 0 Å². The van der Waals surface area contributed by atoms with E-state index in [1.165, 1.54) is 22.3 Å². The van der Waals surface area contributed by atoms with Gasteiger partial charge in [0.15, 0.2) is 0 Å². The molecule has 3 heteroatoms. The molecule has 0 aliphatic rings. The van der Waals surface area contributed by atoms with Crippen molar-refractivity contribution in [2.75, 3.05) is 0 Å². The smallest absolute Gasteiger partial charge is 0.0190 e. The molecule has 1 radical (unpaired) electrons. The predicted molar refractivity (Wildman–Crippen MR) is 132 cm³/mol. The van der Waals surface area contributed by atoms with Gasteiger partial charge in [0.05, 0.1) is 0 Å². The van der Waals surface area contributed by atoms with Gasteiger partial charge >= 0.3 is 0 Å². The maximum Gasteiger partial charge on any atom is 0.0190 e. The number of benzene rings is 3. The van der Waals surface area contributed by atoms with Crippen LogP contribution in [0.3, 0.4) is 0 Å². The largest absolute Gasteiger partial charge is 0.304 e. The zero-order valence-corrected chi connectivity index (χ0v) is 21.0. The summed E-state index contributed by atoms with van der Waals surface area (Å²) in [5, 5.41) is 0. The molecule has 0 saturated heterocycles. The van der Waals surface area contributed by atoms with Crippen molar-refractivity contribution >= 4 is 0 Å². The Labute approximate surface area is 209 Å². The second-order valence-electron chi connectivity index (χ2n) is 7.57. The molecule has 3 aromatic carbocycles. The number of rotatable bonds is 3. The molecule has 5 aromatic rings. The Morgan fingerprint density at radius 3 is 1.73 bits per heavy atom. The molecule has 33 heavy (non-hydrogen) atoms. The van der Waals surface area contributed by atoms with Crippen molar-refractivity contribution in [3.63, 3.8) is 0 Å². The predicted octanol–water partition coefficient (Wildman–Crippen LogP) is 7.38. The van der Waals surface area contributed by atoms with E-state index >= 15 is 0 Å². The summed E-state index contributed by atoms with van der Waals surface area (Å²) < 4.78 is 0. The summed E-state index contributed by atoms with van der Waals surface area (Å²) in [5.41, 5.74) is 8.77. The van der Waals surface area contributed by atoms with E-state index in [0.717, 1.165) is 22.5 Å². The van der Waals surface area contributed by atoms with Crippen molar-refractivity contribution in [1.29, 1.82) is 0 Å². The Hall–Kier alpha value is -3.39. The van der Waals surface area contributed by atoms with Crippen molar-refractivity contribution in [3.05, 3.63) is 133 Å². The Morgan fingerprint density at radius 1 is 0.545 bits per heavy atom. The van der Waals surface area contributed by atoms with Crippen LogP contribution in [0.5, 0.6) is 0 Å². The van der Waals surface area contributed by atoms with Crippen molar-refractivity contribution in [1.82, 2.24) is 9.97 Å². The molecule has 165 valence electrons. The molecule has 0 N–H and O–H groups in total. The van der Waals surface area contributed by atoms with E-state index in [0.29, 0.717) is 0 Å². The number of hydrogen-bond acceptors (Lipinski definition) is 2. The van der Waals surface area contributed by atoms with Crippen molar-refractivity contribution in [2.45, 2.75) is 13.8 Å². The van der Waals surface area contributed by atoms with Crippen LogP contribution >= 0.6 is 0 Å². The molecule has 0 spiro atoms. The maximum atomic E-state index is 4.45. The fourth-order valence-electron chi connectivity index (χ4n) is 3.23. The number of hydrogen-bond donors (Lipinski definition) is 0. The van der Waals surface area contributed by atoms with Crippen molar-refractivity contribution < 1.29 is 20.1 Å². The van der Waals surface area contributed by atoms with Gasteiger partial charge in [0.1, 0.15) is 0 Å². The van der Waals surface area contributed by atoms with Crippen LogP contribution < -0.4 is 0 Å². The maximum absolute atomic E-state index is 4.45. The summed E-state index contributed by atoms with van der Waals surface area (Å²) in [6.45, 7) is 4.08. The standard InChI is InChI=1S/C18H14N.C12H10N.Ir/c1-14-10-11-18(19-13-14)17-9-5-8-16(12-17)15-6-3-2-4-7-15;1-10-7-8-12(13-9-10)11-5-3-2-4-6-11;/h2-8,10-13H,1H3;2-5,7-9H,1H3;/q2*-1;. The van der Waals surface area contributed by atoms with E-state index in [2.05, 4.69) is 70.6 Å². The molecule has 0 aliphatic carbocycles. The average Bonchev–Trinajstić information content (AvgIpc) is 2.87. The van der Waals surface area contributed by atoms with Crippen LogP contribution in [0.2, 0.25) is 0 Å². The molecule has 5 rings (SSSR count). The zero-order chi connectivity index (χ0) is 22.2. The number of aromatic nitrogens is 2. The van der Waals surface area contributed by atoms with Gasteiger partial charge in [0.2, 0.25) is 0 Å². The second kappa shape index (κ2) is 12.0. The first kappa shape index (κ1) is 24.3. The summed E-state index contributed by atoms with van der Waals surface area (Å²) in [4.78, 5) is 8.77. The Balaban J connectivity index is 0.000000192. The molecule has 2 heterocycles. The topological polar surface area (TPSA) is 25.8 Å². The number of aryl methyl sites for hydroxylation is 2. The molecule has 0 atom stereocenters. The SMILES string of the molecule is Cc1ccc(-c2[c-]ccc(-c3ccccc3)c2)nc1.Cc1ccc(-c2[c-]cccc2)nc1.[Ir]. The van der Waals surface area contributed by atoms with Gasteiger partial charge in [-0.1, -0.05) is 54.6 Å². The van der Waals surface area contributed by atoms with Gasteiger partial charge in [-0.3, -0.25) is 0 Å². The normalized spacial score (nSPS) is 9.88. The third-order valence-electron chi connectivity index (χ3n) is 4.99. The van der Waals surface area contributed by atoms with E-state index in [9.17, 15) is 0 Å². The first-order valence-electron chi connectivity index (χ1n) is 10.6. The van der Waals surface area contributed by atoms with Gasteiger partial charge in [0.25, 0.3) is 0 Å². The van der Waals surface area contributed by atoms with Crippen LogP contribution in [0.25, 0.3) is 33.6 Å². The van der Waals surface area contributed by atoms with E-state index in [-0.39, 0.29) is 20.1 Å². The number of pyridine rings is 2. The minimum atomic E-state index is 0. The van der Waals surface area contributed by atoms with Crippen LogP contribution in [0, 0.1) is 26.0 Å². The molecule has 0 bridgehead atoms. The van der Waals surface area contributed by atoms with E-state index in [1.807, 2.05) is 74.8 Å². The van der Waals surface area contributed by atoms with Crippen molar-refractivity contribution in [2.24, 2.45) is 0 Å². The minimum Gasteiger partial charge on any atom is -0.304 e. The number of nitrogens with zero attached hydrogens (tertiary/aromatic N) is 2. The van der Waals surface area contributed by atoms with Crippen LogP contribution in [0.1, 0.15) is 11.1 Å². The molecule has 0 amide bonds. The Kier molecular flexibility index (Phi) is 8.83. The molecular formula is C30H24IrN2-2. The summed E-state index contributed by atoms with van der Waals surface area (Å²) in [6.07, 6.45) is 3.76. The van der Waals surface area contributed by atoms with Gasteiger partial charge in [-0.05, 0) is 41.9 Å². The first-order valence-corrected chi connectivity index (χ1v) is 10.6. The van der Waals surface area contributed by atoms with Crippen LogP contribution in [0.15, 0.2) is 109 Å². The van der Waals surface area contributed by atoms with Crippen molar-refractivity contribution in [3.8, 4) is 33.6 Å². The monoisotopic (exact) mass is 605 g/mol. The average molecular weight is 605 g/mol. The Bertz CT molecular complexity index is 1250. The van der Waals surface area contributed by atoms with Gasteiger partial charge in [-0.15, -0.1) is 71.3 Å². The molecule has 2 nitrogen and oxygen atoms in total. The zero-order valence-electron chi connectivity index (χ0n) is 18.6. The van der Waals surface area contributed by atoms with Crippen LogP contribution in [0.4, 0.5) is 0 Å². The summed E-state index contributed by atoms with van der Waals surface area (Å²) >= 11 is 0. The van der Waals surface area contributed by atoms with E-state index in [4.69, 9.17) is 0 Å². The Morgan fingerprint density at radius 2 is 1.15 bits per heavy atom.